The van der Waals surface area contributed by atoms with Crippen LogP contribution in [0.4, 0.5) is 0 Å². The molecule has 142 valence electrons. The van der Waals surface area contributed by atoms with Crippen molar-refractivity contribution in [1.82, 2.24) is 14.5 Å². The first-order valence-electron chi connectivity index (χ1n) is 9.54. The zero-order chi connectivity index (χ0) is 18.9. The summed E-state index contributed by atoms with van der Waals surface area (Å²) in [5.41, 5.74) is 3.37. The number of hydrogen-bond acceptors (Lipinski definition) is 4. The molecule has 3 aromatic rings. The van der Waals surface area contributed by atoms with E-state index in [-0.39, 0.29) is 12.7 Å². The molecule has 0 radical (unpaired) electrons. The minimum atomic E-state index is 0.249. The molecule has 2 aliphatic heterocycles. The molecule has 3 heterocycles. The summed E-state index contributed by atoms with van der Waals surface area (Å²) in [5.74, 6) is 2.64. The highest BCUT2D eigenvalue weighted by molar-refractivity contribution is 5.78. The van der Waals surface area contributed by atoms with E-state index in [0.29, 0.717) is 19.5 Å². The summed E-state index contributed by atoms with van der Waals surface area (Å²) in [6.07, 6.45) is 5.42. The van der Waals surface area contributed by atoms with Crippen molar-refractivity contribution in [3.8, 4) is 22.9 Å². The van der Waals surface area contributed by atoms with Crippen LogP contribution in [0.2, 0.25) is 0 Å². The molecule has 0 atom stereocenters. The lowest BCUT2D eigenvalue weighted by atomic mass is 10.1. The minimum Gasteiger partial charge on any atom is -0.454 e. The standard InChI is InChI=1S/C22H21N3O3/c26-21-6-3-10-24(21)13-17-4-1-2-5-18(17)14-25-11-9-23-22(25)16-7-8-19-20(12-16)28-15-27-19/h1-2,4-5,7-9,11-12H,3,6,10,13-15H2. The number of hydrogen-bond donors (Lipinski definition) is 0. The Kier molecular flexibility index (Phi) is 4.24. The van der Waals surface area contributed by atoms with Crippen molar-refractivity contribution >= 4 is 5.91 Å². The van der Waals surface area contributed by atoms with Crippen LogP contribution >= 0.6 is 0 Å². The average Bonchev–Trinajstić information content (AvgIpc) is 3.44. The molecule has 0 bridgehead atoms. The molecule has 0 aliphatic carbocycles. The molecule has 1 fully saturated rings. The summed E-state index contributed by atoms with van der Waals surface area (Å²) >= 11 is 0. The zero-order valence-electron chi connectivity index (χ0n) is 15.5. The second-order valence-corrected chi connectivity index (χ2v) is 7.13. The number of aromatic nitrogens is 2. The van der Waals surface area contributed by atoms with E-state index < -0.39 is 0 Å². The second kappa shape index (κ2) is 7.03. The van der Waals surface area contributed by atoms with Crippen molar-refractivity contribution in [2.45, 2.75) is 25.9 Å². The average molecular weight is 375 g/mol. The Hall–Kier alpha value is -3.28. The van der Waals surface area contributed by atoms with E-state index in [9.17, 15) is 4.79 Å². The number of ether oxygens (including phenoxy) is 2. The van der Waals surface area contributed by atoms with Gasteiger partial charge in [-0.15, -0.1) is 0 Å². The molecule has 1 aromatic heterocycles. The summed E-state index contributed by atoms with van der Waals surface area (Å²) in [4.78, 5) is 18.5. The molecule has 0 saturated carbocycles. The number of carbonyl (C=O) groups excluding carboxylic acids is 1. The molecular weight excluding hydrogens is 354 g/mol. The summed E-state index contributed by atoms with van der Waals surface area (Å²) in [6, 6.07) is 14.2. The Morgan fingerprint density at radius 3 is 2.64 bits per heavy atom. The lowest BCUT2D eigenvalue weighted by Gasteiger charge is -2.19. The van der Waals surface area contributed by atoms with Crippen LogP contribution in [0.1, 0.15) is 24.0 Å². The van der Waals surface area contributed by atoms with Gasteiger partial charge < -0.3 is 18.9 Å². The van der Waals surface area contributed by atoms with Gasteiger partial charge in [0.25, 0.3) is 0 Å². The molecule has 0 unspecified atom stereocenters. The minimum absolute atomic E-state index is 0.249. The molecular formula is C22H21N3O3. The van der Waals surface area contributed by atoms with Crippen LogP contribution in [0.15, 0.2) is 54.9 Å². The third kappa shape index (κ3) is 3.11. The smallest absolute Gasteiger partial charge is 0.231 e. The summed E-state index contributed by atoms with van der Waals surface area (Å²) in [7, 11) is 0. The van der Waals surface area contributed by atoms with Crippen LogP contribution in [0, 0.1) is 0 Å². The van der Waals surface area contributed by atoms with Gasteiger partial charge in [0, 0.05) is 44.0 Å². The number of rotatable bonds is 5. The molecule has 2 aromatic carbocycles. The van der Waals surface area contributed by atoms with E-state index in [1.54, 1.807) is 0 Å². The first kappa shape index (κ1) is 16.9. The van der Waals surface area contributed by atoms with Gasteiger partial charge in [-0.2, -0.15) is 0 Å². The largest absolute Gasteiger partial charge is 0.454 e. The van der Waals surface area contributed by atoms with Gasteiger partial charge in [0.15, 0.2) is 11.5 Å². The van der Waals surface area contributed by atoms with Crippen molar-refractivity contribution in [3.63, 3.8) is 0 Å². The van der Waals surface area contributed by atoms with Crippen LogP contribution in [0.3, 0.4) is 0 Å². The van der Waals surface area contributed by atoms with Crippen molar-refractivity contribution in [2.75, 3.05) is 13.3 Å². The Morgan fingerprint density at radius 2 is 1.82 bits per heavy atom. The molecule has 1 saturated heterocycles. The number of imidazole rings is 1. The van der Waals surface area contributed by atoms with Crippen LogP contribution in [-0.4, -0.2) is 33.7 Å². The normalized spacial score (nSPS) is 15.4. The summed E-state index contributed by atoms with van der Waals surface area (Å²) in [6.45, 7) is 2.47. The quantitative estimate of drug-likeness (QED) is 0.685. The predicted octanol–water partition coefficient (Wildman–Crippen LogP) is 3.45. The van der Waals surface area contributed by atoms with E-state index >= 15 is 0 Å². The zero-order valence-corrected chi connectivity index (χ0v) is 15.5. The predicted molar refractivity (Wildman–Crippen MR) is 104 cm³/mol. The summed E-state index contributed by atoms with van der Waals surface area (Å²) in [5, 5.41) is 0. The van der Waals surface area contributed by atoms with E-state index in [1.807, 2.05) is 47.6 Å². The fourth-order valence-electron chi connectivity index (χ4n) is 3.86. The number of likely N-dealkylation sites (tertiary alicyclic amines) is 1. The van der Waals surface area contributed by atoms with Gasteiger partial charge in [-0.05, 0) is 35.7 Å². The van der Waals surface area contributed by atoms with Crippen molar-refractivity contribution < 1.29 is 14.3 Å². The molecule has 28 heavy (non-hydrogen) atoms. The Balaban J connectivity index is 1.42. The number of amides is 1. The first-order chi connectivity index (χ1) is 13.8. The third-order valence-electron chi connectivity index (χ3n) is 5.34. The third-order valence-corrected chi connectivity index (χ3v) is 5.34. The fourth-order valence-corrected chi connectivity index (χ4v) is 3.86. The van der Waals surface area contributed by atoms with E-state index in [1.165, 1.54) is 11.1 Å². The lowest BCUT2D eigenvalue weighted by molar-refractivity contribution is -0.128. The van der Waals surface area contributed by atoms with Crippen molar-refractivity contribution in [3.05, 3.63) is 66.0 Å². The van der Waals surface area contributed by atoms with E-state index in [4.69, 9.17) is 9.47 Å². The topological polar surface area (TPSA) is 56.6 Å². The maximum atomic E-state index is 12.0. The lowest BCUT2D eigenvalue weighted by Crippen LogP contribution is -2.24. The van der Waals surface area contributed by atoms with Crippen LogP contribution in [0.25, 0.3) is 11.4 Å². The van der Waals surface area contributed by atoms with Gasteiger partial charge in [-0.1, -0.05) is 24.3 Å². The highest BCUT2D eigenvalue weighted by atomic mass is 16.7. The second-order valence-electron chi connectivity index (χ2n) is 7.13. The van der Waals surface area contributed by atoms with Crippen molar-refractivity contribution in [2.24, 2.45) is 0 Å². The monoisotopic (exact) mass is 375 g/mol. The highest BCUT2D eigenvalue weighted by Gasteiger charge is 2.21. The molecule has 0 spiro atoms. The summed E-state index contributed by atoms with van der Waals surface area (Å²) < 4.78 is 13.0. The van der Waals surface area contributed by atoms with Crippen LogP contribution in [-0.2, 0) is 17.9 Å². The SMILES string of the molecule is O=C1CCCN1Cc1ccccc1Cn1ccnc1-c1ccc2c(c1)OCO2. The Morgan fingerprint density at radius 1 is 1.00 bits per heavy atom. The number of carbonyl (C=O) groups is 1. The molecule has 2 aliphatic rings. The Bertz CT molecular complexity index is 1030. The maximum absolute atomic E-state index is 12.0. The van der Waals surface area contributed by atoms with E-state index in [0.717, 1.165) is 35.9 Å². The number of fused-ring (bicyclic) bond motifs is 1. The van der Waals surface area contributed by atoms with Gasteiger partial charge in [0.2, 0.25) is 12.7 Å². The van der Waals surface area contributed by atoms with Crippen LogP contribution < -0.4 is 9.47 Å². The maximum Gasteiger partial charge on any atom is 0.231 e. The van der Waals surface area contributed by atoms with Gasteiger partial charge >= 0.3 is 0 Å². The first-order valence-corrected chi connectivity index (χ1v) is 9.54. The highest BCUT2D eigenvalue weighted by Crippen LogP contribution is 2.35. The molecule has 0 N–H and O–H groups in total. The molecule has 1 amide bonds. The van der Waals surface area contributed by atoms with Gasteiger partial charge in [-0.3, -0.25) is 4.79 Å². The molecule has 6 nitrogen and oxygen atoms in total. The van der Waals surface area contributed by atoms with E-state index in [2.05, 4.69) is 21.7 Å². The van der Waals surface area contributed by atoms with Crippen LogP contribution in [0.5, 0.6) is 11.5 Å². The molecule has 6 heteroatoms. The van der Waals surface area contributed by atoms with Gasteiger partial charge in [-0.25, -0.2) is 4.98 Å². The fraction of sp³-hybridized carbons (Fsp3) is 0.273. The molecule has 5 rings (SSSR count). The van der Waals surface area contributed by atoms with Gasteiger partial charge in [0.05, 0.1) is 0 Å². The number of benzene rings is 2. The van der Waals surface area contributed by atoms with Gasteiger partial charge in [0.1, 0.15) is 5.82 Å². The number of nitrogens with zero attached hydrogens (tertiary/aromatic N) is 3. The van der Waals surface area contributed by atoms with Crippen molar-refractivity contribution in [1.29, 1.82) is 0 Å². The Labute approximate surface area is 163 Å².